The number of anilines is 3. The molecule has 0 saturated heterocycles. The molecule has 0 bridgehead atoms. The number of para-hydroxylation sites is 2. The minimum atomic E-state index is -0.296. The van der Waals surface area contributed by atoms with E-state index in [9.17, 15) is 4.39 Å². The molecular formula is C30H21FN6. The second kappa shape index (κ2) is 9.83. The first-order chi connectivity index (χ1) is 18.2. The summed E-state index contributed by atoms with van der Waals surface area (Å²) in [6.07, 6.45) is 0. The Morgan fingerprint density at radius 3 is 1.73 bits per heavy atom. The molecule has 2 heterocycles. The minimum Gasteiger partial charge on any atom is -0.311 e. The molecule has 0 aliphatic carbocycles. The van der Waals surface area contributed by atoms with Crippen molar-refractivity contribution in [2.24, 2.45) is 0 Å². The Balaban J connectivity index is 1.42. The largest absolute Gasteiger partial charge is 0.311 e. The highest BCUT2D eigenvalue weighted by atomic mass is 19.1. The van der Waals surface area contributed by atoms with Crippen LogP contribution in [-0.4, -0.2) is 25.6 Å². The van der Waals surface area contributed by atoms with Gasteiger partial charge in [0.1, 0.15) is 11.5 Å². The van der Waals surface area contributed by atoms with Gasteiger partial charge >= 0.3 is 0 Å². The van der Waals surface area contributed by atoms with E-state index in [1.165, 1.54) is 12.1 Å². The lowest BCUT2D eigenvalue weighted by Crippen LogP contribution is -2.09. The molecule has 178 valence electrons. The van der Waals surface area contributed by atoms with Crippen LogP contribution >= 0.6 is 0 Å². The molecule has 0 saturated carbocycles. The Hall–Kier alpha value is -5.17. The van der Waals surface area contributed by atoms with E-state index in [0.29, 0.717) is 17.2 Å². The molecule has 0 amide bonds. The molecule has 6 nitrogen and oxygen atoms in total. The summed E-state index contributed by atoms with van der Waals surface area (Å²) in [5.74, 6) is 0.0939. The van der Waals surface area contributed by atoms with Crippen molar-refractivity contribution in [2.45, 2.75) is 0 Å². The zero-order valence-corrected chi connectivity index (χ0v) is 19.7. The summed E-state index contributed by atoms with van der Waals surface area (Å²) in [6.45, 7) is 0. The Kier molecular flexibility index (Phi) is 5.93. The van der Waals surface area contributed by atoms with Gasteiger partial charge in [0.05, 0.1) is 5.69 Å². The lowest BCUT2D eigenvalue weighted by Gasteiger charge is -2.25. The first-order valence-corrected chi connectivity index (χ1v) is 11.8. The number of tetrazole rings is 1. The highest BCUT2D eigenvalue weighted by Gasteiger charge is 2.14. The fourth-order valence-corrected chi connectivity index (χ4v) is 4.25. The number of H-pyrrole nitrogens is 1. The van der Waals surface area contributed by atoms with Gasteiger partial charge in [0.15, 0.2) is 0 Å². The molecule has 0 aliphatic heterocycles. The molecule has 37 heavy (non-hydrogen) atoms. The molecule has 6 aromatic rings. The van der Waals surface area contributed by atoms with Crippen molar-refractivity contribution in [1.29, 1.82) is 0 Å². The van der Waals surface area contributed by atoms with E-state index in [2.05, 4.69) is 74.1 Å². The maximum Gasteiger partial charge on any atom is 0.223 e. The number of aromatic nitrogens is 5. The number of hydrogen-bond acceptors (Lipinski definition) is 5. The highest BCUT2D eigenvalue weighted by molar-refractivity contribution is 5.80. The maximum absolute atomic E-state index is 13.5. The van der Waals surface area contributed by atoms with Crippen molar-refractivity contribution in [2.75, 3.05) is 4.90 Å². The van der Waals surface area contributed by atoms with Crippen molar-refractivity contribution in [3.05, 3.63) is 127 Å². The van der Waals surface area contributed by atoms with Gasteiger partial charge < -0.3 is 4.90 Å². The van der Waals surface area contributed by atoms with Gasteiger partial charge in [-0.25, -0.2) is 9.37 Å². The molecule has 0 spiro atoms. The molecule has 0 atom stereocenters. The Bertz CT molecular complexity index is 1560. The number of nitrogens with one attached hydrogen (secondary N) is 1. The van der Waals surface area contributed by atoms with Crippen molar-refractivity contribution in [3.63, 3.8) is 0 Å². The quantitative estimate of drug-likeness (QED) is 0.271. The van der Waals surface area contributed by atoms with Crippen molar-refractivity contribution in [3.8, 4) is 33.9 Å². The number of pyridine rings is 1. The summed E-state index contributed by atoms with van der Waals surface area (Å²) in [5, 5.41) is 14.3. The molecule has 0 aliphatic rings. The third kappa shape index (κ3) is 4.70. The average molecular weight is 485 g/mol. The minimum absolute atomic E-state index is 0.296. The third-order valence-electron chi connectivity index (χ3n) is 6.03. The normalized spacial score (nSPS) is 10.8. The molecular weight excluding hydrogens is 463 g/mol. The van der Waals surface area contributed by atoms with Crippen LogP contribution in [0.2, 0.25) is 0 Å². The van der Waals surface area contributed by atoms with E-state index in [1.807, 2.05) is 48.5 Å². The predicted molar refractivity (Wildman–Crippen MR) is 143 cm³/mol. The highest BCUT2D eigenvalue weighted by Crippen LogP contribution is 2.36. The number of halogens is 1. The topological polar surface area (TPSA) is 70.6 Å². The summed E-state index contributed by atoms with van der Waals surface area (Å²) in [6, 6.07) is 39.1. The second-order valence-corrected chi connectivity index (χ2v) is 8.42. The number of benzene rings is 4. The van der Waals surface area contributed by atoms with Gasteiger partial charge in [0, 0.05) is 22.6 Å². The summed E-state index contributed by atoms with van der Waals surface area (Å²) in [5.41, 5.74) is 7.18. The summed E-state index contributed by atoms with van der Waals surface area (Å²) in [4.78, 5) is 6.92. The van der Waals surface area contributed by atoms with Gasteiger partial charge in [-0.3, -0.25) is 0 Å². The molecule has 0 fully saturated rings. The average Bonchev–Trinajstić information content (AvgIpc) is 3.50. The van der Waals surface area contributed by atoms with Crippen molar-refractivity contribution >= 4 is 17.1 Å². The van der Waals surface area contributed by atoms with Gasteiger partial charge in [-0.1, -0.05) is 48.5 Å². The first kappa shape index (κ1) is 22.3. The van der Waals surface area contributed by atoms with E-state index in [0.717, 1.165) is 33.8 Å². The predicted octanol–water partition coefficient (Wildman–Crippen LogP) is 7.20. The number of hydrogen-bond donors (Lipinski definition) is 1. The van der Waals surface area contributed by atoms with Crippen LogP contribution < -0.4 is 4.90 Å². The van der Waals surface area contributed by atoms with Crippen LogP contribution in [0.4, 0.5) is 21.5 Å². The zero-order valence-electron chi connectivity index (χ0n) is 19.7. The number of nitrogens with zero attached hydrogens (tertiary/aromatic N) is 5. The van der Waals surface area contributed by atoms with Crippen molar-refractivity contribution in [1.82, 2.24) is 25.6 Å². The van der Waals surface area contributed by atoms with Gasteiger partial charge in [-0.15, -0.1) is 10.2 Å². The zero-order chi connectivity index (χ0) is 25.0. The van der Waals surface area contributed by atoms with Gasteiger partial charge in [0.2, 0.25) is 5.82 Å². The standard InChI is InChI=1S/C30H21FN6/c31-24-15-11-22(12-16-24)28-19-23(20-29(32-28)30-33-35-36-34-30)21-13-17-27(18-14-21)37(25-7-3-1-4-8-25)26-9-5-2-6-10-26/h1-20H,(H,33,34,35,36). The van der Waals surface area contributed by atoms with Gasteiger partial charge in [0.25, 0.3) is 0 Å². The van der Waals surface area contributed by atoms with Crippen molar-refractivity contribution < 1.29 is 4.39 Å². The number of rotatable bonds is 6. The monoisotopic (exact) mass is 484 g/mol. The molecule has 4 aromatic carbocycles. The molecule has 2 aromatic heterocycles. The third-order valence-corrected chi connectivity index (χ3v) is 6.03. The van der Waals surface area contributed by atoms with E-state index < -0.39 is 0 Å². The SMILES string of the molecule is Fc1ccc(-c2cc(-c3ccc(N(c4ccccc4)c4ccccc4)cc3)cc(-c3nn[nH]n3)n2)cc1. The fourth-order valence-electron chi connectivity index (χ4n) is 4.25. The summed E-state index contributed by atoms with van der Waals surface area (Å²) >= 11 is 0. The lowest BCUT2D eigenvalue weighted by molar-refractivity contribution is 0.628. The summed E-state index contributed by atoms with van der Waals surface area (Å²) in [7, 11) is 0. The Morgan fingerprint density at radius 1 is 0.568 bits per heavy atom. The van der Waals surface area contributed by atoms with Crippen LogP contribution in [-0.2, 0) is 0 Å². The van der Waals surface area contributed by atoms with E-state index in [1.54, 1.807) is 12.1 Å². The van der Waals surface area contributed by atoms with Gasteiger partial charge in [-0.2, -0.15) is 5.21 Å². The van der Waals surface area contributed by atoms with Crippen LogP contribution in [0, 0.1) is 5.82 Å². The van der Waals surface area contributed by atoms with Crippen LogP contribution in [0.15, 0.2) is 121 Å². The van der Waals surface area contributed by atoms with E-state index >= 15 is 0 Å². The van der Waals surface area contributed by atoms with Crippen LogP contribution in [0.25, 0.3) is 33.9 Å². The fraction of sp³-hybridized carbons (Fsp3) is 0. The molecule has 7 heteroatoms. The number of aromatic amines is 1. The van der Waals surface area contributed by atoms with Crippen LogP contribution in [0.3, 0.4) is 0 Å². The van der Waals surface area contributed by atoms with E-state index in [4.69, 9.17) is 4.98 Å². The Morgan fingerprint density at radius 2 is 1.14 bits per heavy atom. The van der Waals surface area contributed by atoms with E-state index in [-0.39, 0.29) is 5.82 Å². The lowest BCUT2D eigenvalue weighted by atomic mass is 10.0. The van der Waals surface area contributed by atoms with Crippen LogP contribution in [0.5, 0.6) is 0 Å². The molecule has 1 N–H and O–H groups in total. The first-order valence-electron chi connectivity index (χ1n) is 11.8. The molecule has 0 radical (unpaired) electrons. The molecule has 0 unspecified atom stereocenters. The second-order valence-electron chi connectivity index (χ2n) is 8.42. The Labute approximate surface area is 213 Å². The molecule has 6 rings (SSSR count). The van der Waals surface area contributed by atoms with Crippen LogP contribution in [0.1, 0.15) is 0 Å². The van der Waals surface area contributed by atoms with Gasteiger partial charge in [-0.05, 0) is 89.1 Å². The summed E-state index contributed by atoms with van der Waals surface area (Å²) < 4.78 is 13.5. The maximum atomic E-state index is 13.5. The smallest absolute Gasteiger partial charge is 0.223 e.